The maximum absolute atomic E-state index is 13.8. The van der Waals surface area contributed by atoms with Gasteiger partial charge >= 0.3 is 0 Å². The number of halogens is 2. The topological polar surface area (TPSA) is 84.1 Å². The van der Waals surface area contributed by atoms with Crippen LogP contribution in [-0.2, 0) is 0 Å². The van der Waals surface area contributed by atoms with Crippen molar-refractivity contribution in [1.29, 1.82) is 0 Å². The number of nitrogens with two attached hydrogens (primary N) is 1. The largest absolute Gasteiger partial charge is 0.382 e. The molecule has 0 aliphatic carbocycles. The molecule has 0 bridgehead atoms. The van der Waals surface area contributed by atoms with Crippen molar-refractivity contribution in [3.63, 3.8) is 0 Å². The Hall–Kier alpha value is -2.25. The van der Waals surface area contributed by atoms with Gasteiger partial charge < -0.3 is 11.1 Å². The number of hydrogen-bond acceptors (Lipinski definition) is 5. The molecule has 1 aromatic heterocycles. The van der Waals surface area contributed by atoms with E-state index in [1.165, 1.54) is 24.5 Å². The van der Waals surface area contributed by atoms with E-state index in [4.69, 9.17) is 17.3 Å². The average Bonchev–Trinajstić information content (AvgIpc) is 2.91. The Morgan fingerprint density at radius 2 is 2.17 bits per heavy atom. The zero-order valence-electron chi connectivity index (χ0n) is 13.0. The SMILES string of the molecule is CN1CC[C@@H](NC(=O)c2nccnc2N)[C@H]1c1ccc(Cl)c(F)c1. The lowest BCUT2D eigenvalue weighted by atomic mass is 10.00. The number of aromatic nitrogens is 2. The summed E-state index contributed by atoms with van der Waals surface area (Å²) >= 11 is 5.75. The van der Waals surface area contributed by atoms with Crippen molar-refractivity contribution in [1.82, 2.24) is 20.2 Å². The van der Waals surface area contributed by atoms with Crippen LogP contribution in [0, 0.1) is 5.82 Å². The Morgan fingerprint density at radius 3 is 2.88 bits per heavy atom. The highest BCUT2D eigenvalue weighted by molar-refractivity contribution is 6.30. The molecular weight excluding hydrogens is 333 g/mol. The smallest absolute Gasteiger partial charge is 0.274 e. The second kappa shape index (κ2) is 6.70. The number of likely N-dealkylation sites (N-methyl/N-ethyl adjacent to an activating group) is 1. The quantitative estimate of drug-likeness (QED) is 0.885. The maximum Gasteiger partial charge on any atom is 0.274 e. The molecule has 24 heavy (non-hydrogen) atoms. The fourth-order valence-corrected chi connectivity index (χ4v) is 3.16. The molecule has 8 heteroatoms. The molecular formula is C16H17ClFN5O. The summed E-state index contributed by atoms with van der Waals surface area (Å²) in [4.78, 5) is 22.3. The lowest BCUT2D eigenvalue weighted by Crippen LogP contribution is -2.39. The molecule has 1 fully saturated rings. The first-order valence-electron chi connectivity index (χ1n) is 7.50. The Bertz CT molecular complexity index is 772. The number of rotatable bonds is 3. The summed E-state index contributed by atoms with van der Waals surface area (Å²) < 4.78 is 13.8. The first kappa shape index (κ1) is 16.6. The van der Waals surface area contributed by atoms with Crippen LogP contribution >= 0.6 is 11.6 Å². The van der Waals surface area contributed by atoms with Crippen LogP contribution in [0.25, 0.3) is 0 Å². The van der Waals surface area contributed by atoms with E-state index in [0.29, 0.717) is 0 Å². The number of carbonyl (C=O) groups excluding carboxylic acids is 1. The molecule has 1 aliphatic heterocycles. The second-order valence-electron chi connectivity index (χ2n) is 5.76. The van der Waals surface area contributed by atoms with E-state index in [9.17, 15) is 9.18 Å². The van der Waals surface area contributed by atoms with Gasteiger partial charge in [-0.3, -0.25) is 9.69 Å². The number of benzene rings is 1. The van der Waals surface area contributed by atoms with Crippen molar-refractivity contribution in [2.24, 2.45) is 0 Å². The van der Waals surface area contributed by atoms with Crippen LogP contribution in [0.15, 0.2) is 30.6 Å². The molecule has 0 spiro atoms. The van der Waals surface area contributed by atoms with Gasteiger partial charge in [0.2, 0.25) is 0 Å². The normalized spacial score (nSPS) is 21.0. The molecule has 6 nitrogen and oxygen atoms in total. The van der Waals surface area contributed by atoms with E-state index in [0.717, 1.165) is 18.5 Å². The van der Waals surface area contributed by atoms with Gasteiger partial charge in [-0.05, 0) is 31.2 Å². The fraction of sp³-hybridized carbons (Fsp3) is 0.312. The number of nitrogens with one attached hydrogen (secondary N) is 1. The van der Waals surface area contributed by atoms with Crippen molar-refractivity contribution < 1.29 is 9.18 Å². The summed E-state index contributed by atoms with van der Waals surface area (Å²) in [5.41, 5.74) is 6.55. The third-order valence-electron chi connectivity index (χ3n) is 4.19. The highest BCUT2D eigenvalue weighted by atomic mass is 35.5. The predicted molar refractivity (Wildman–Crippen MR) is 89.1 cm³/mol. The summed E-state index contributed by atoms with van der Waals surface area (Å²) in [6, 6.07) is 4.36. The molecule has 3 rings (SSSR count). The third-order valence-corrected chi connectivity index (χ3v) is 4.50. The zero-order valence-corrected chi connectivity index (χ0v) is 13.8. The summed E-state index contributed by atoms with van der Waals surface area (Å²) in [5, 5.41) is 3.01. The van der Waals surface area contributed by atoms with Gasteiger partial charge in [-0.1, -0.05) is 17.7 Å². The van der Waals surface area contributed by atoms with Crippen LogP contribution in [-0.4, -0.2) is 40.4 Å². The molecule has 1 aromatic carbocycles. The second-order valence-corrected chi connectivity index (χ2v) is 6.17. The van der Waals surface area contributed by atoms with E-state index < -0.39 is 5.82 Å². The Morgan fingerprint density at radius 1 is 1.42 bits per heavy atom. The zero-order chi connectivity index (χ0) is 17.3. The first-order chi connectivity index (χ1) is 11.5. The van der Waals surface area contributed by atoms with Gasteiger partial charge in [0.1, 0.15) is 5.82 Å². The minimum absolute atomic E-state index is 0.0762. The fourth-order valence-electron chi connectivity index (χ4n) is 3.04. The van der Waals surface area contributed by atoms with Gasteiger partial charge in [-0.25, -0.2) is 14.4 Å². The summed E-state index contributed by atoms with van der Waals surface area (Å²) in [6.07, 6.45) is 3.57. The number of nitrogens with zero attached hydrogens (tertiary/aromatic N) is 3. The van der Waals surface area contributed by atoms with E-state index in [-0.39, 0.29) is 34.5 Å². The number of nitrogen functional groups attached to an aromatic ring is 1. The third kappa shape index (κ3) is 3.18. The van der Waals surface area contributed by atoms with Gasteiger partial charge in [0.15, 0.2) is 11.5 Å². The van der Waals surface area contributed by atoms with Gasteiger partial charge in [0.05, 0.1) is 17.1 Å². The molecule has 2 aromatic rings. The molecule has 1 saturated heterocycles. The average molecular weight is 350 g/mol. The van der Waals surface area contributed by atoms with Gasteiger partial charge in [0.25, 0.3) is 5.91 Å². The molecule has 0 radical (unpaired) electrons. The Kier molecular flexibility index (Phi) is 4.64. The molecule has 2 atom stereocenters. The Balaban J connectivity index is 1.83. The number of anilines is 1. The molecule has 1 amide bonds. The van der Waals surface area contributed by atoms with Crippen molar-refractivity contribution >= 4 is 23.3 Å². The van der Waals surface area contributed by atoms with Crippen LogP contribution in [0.3, 0.4) is 0 Å². The lowest BCUT2D eigenvalue weighted by Gasteiger charge is -2.26. The monoisotopic (exact) mass is 349 g/mol. The van der Waals surface area contributed by atoms with Crippen LogP contribution in [0.4, 0.5) is 10.2 Å². The van der Waals surface area contributed by atoms with Crippen molar-refractivity contribution in [2.75, 3.05) is 19.3 Å². The predicted octanol–water partition coefficient (Wildman–Crippen LogP) is 2.03. The lowest BCUT2D eigenvalue weighted by molar-refractivity contribution is 0.0923. The molecule has 2 heterocycles. The first-order valence-corrected chi connectivity index (χ1v) is 7.87. The molecule has 3 N–H and O–H groups in total. The van der Waals surface area contributed by atoms with Crippen molar-refractivity contribution in [3.05, 3.63) is 52.7 Å². The highest BCUT2D eigenvalue weighted by Crippen LogP contribution is 2.32. The highest BCUT2D eigenvalue weighted by Gasteiger charge is 2.35. The molecule has 0 unspecified atom stereocenters. The number of likely N-dealkylation sites (tertiary alicyclic amines) is 1. The minimum atomic E-state index is -0.474. The molecule has 1 aliphatic rings. The summed E-state index contributed by atoms with van der Waals surface area (Å²) in [7, 11) is 1.93. The summed E-state index contributed by atoms with van der Waals surface area (Å²) in [5.74, 6) is -0.784. The van der Waals surface area contributed by atoms with Gasteiger partial charge in [-0.2, -0.15) is 0 Å². The van der Waals surface area contributed by atoms with Crippen LogP contribution in [0.2, 0.25) is 5.02 Å². The standard InChI is InChI=1S/C16H17ClFN5O/c1-23-7-4-12(14(23)9-2-3-10(17)11(18)8-9)22-16(24)13-15(19)21-6-5-20-13/h2-3,5-6,8,12,14H,4,7H2,1H3,(H2,19,21)(H,22,24)/t12-,14-/m1/s1. The Labute approximate surface area is 143 Å². The van der Waals surface area contributed by atoms with E-state index in [1.54, 1.807) is 6.07 Å². The van der Waals surface area contributed by atoms with Gasteiger partial charge in [0, 0.05) is 18.9 Å². The number of hydrogen-bond donors (Lipinski definition) is 2. The van der Waals surface area contributed by atoms with Crippen molar-refractivity contribution in [3.8, 4) is 0 Å². The number of carbonyl (C=O) groups is 1. The van der Waals surface area contributed by atoms with E-state index in [2.05, 4.69) is 20.2 Å². The minimum Gasteiger partial charge on any atom is -0.382 e. The van der Waals surface area contributed by atoms with Gasteiger partial charge in [-0.15, -0.1) is 0 Å². The van der Waals surface area contributed by atoms with Crippen LogP contribution < -0.4 is 11.1 Å². The van der Waals surface area contributed by atoms with E-state index >= 15 is 0 Å². The van der Waals surface area contributed by atoms with Crippen molar-refractivity contribution in [2.45, 2.75) is 18.5 Å². The maximum atomic E-state index is 13.8. The van der Waals surface area contributed by atoms with Crippen LogP contribution in [0.1, 0.15) is 28.5 Å². The summed E-state index contributed by atoms with van der Waals surface area (Å²) in [6.45, 7) is 0.774. The van der Waals surface area contributed by atoms with Crippen LogP contribution in [0.5, 0.6) is 0 Å². The van der Waals surface area contributed by atoms with E-state index in [1.807, 2.05) is 7.05 Å². The number of amides is 1. The molecule has 126 valence electrons. The molecule has 0 saturated carbocycles.